The normalized spacial score (nSPS) is 13.6. The largest absolute Gasteiger partial charge is 0.332 e. The molecule has 7 nitrogen and oxygen atoms in total. The van der Waals surface area contributed by atoms with Crippen molar-refractivity contribution in [1.29, 1.82) is 0 Å². The average Bonchev–Trinajstić information content (AvgIpc) is 3.18. The fourth-order valence-corrected chi connectivity index (χ4v) is 4.50. The second kappa shape index (κ2) is 7.51. The lowest BCUT2D eigenvalue weighted by Gasteiger charge is -2.29. The number of nitrogens with zero attached hydrogens (tertiary/aromatic N) is 5. The Bertz CT molecular complexity index is 1470. The maximum atomic E-state index is 13.6. The summed E-state index contributed by atoms with van der Waals surface area (Å²) in [5.74, 6) is 0.718. The first kappa shape index (κ1) is 20.3. The van der Waals surface area contributed by atoms with Crippen molar-refractivity contribution < 1.29 is 0 Å². The van der Waals surface area contributed by atoms with Gasteiger partial charge in [-0.2, -0.15) is 4.98 Å². The minimum atomic E-state index is -0.348. The molecule has 1 aliphatic rings. The first-order chi connectivity index (χ1) is 15.4. The molecule has 0 bridgehead atoms. The van der Waals surface area contributed by atoms with E-state index in [0.717, 1.165) is 35.7 Å². The standard InChI is InChI=1S/C25H27N5O2/c1-16-10-11-20(14-18(16)3)28-12-7-13-29-21-22(26-24(28)29)27(4)25(32)30(23(21)31)15-19-9-6-5-8-17(19)2/h5-6,8-11,14H,7,12-13,15H2,1-4H3. The predicted molar refractivity (Wildman–Crippen MR) is 127 cm³/mol. The topological polar surface area (TPSA) is 65.1 Å². The van der Waals surface area contributed by atoms with E-state index in [0.29, 0.717) is 17.7 Å². The van der Waals surface area contributed by atoms with Gasteiger partial charge in [-0.1, -0.05) is 30.3 Å². The molecule has 0 saturated carbocycles. The molecular formula is C25H27N5O2. The minimum Gasteiger partial charge on any atom is -0.312 e. The minimum absolute atomic E-state index is 0.246. The first-order valence-corrected chi connectivity index (χ1v) is 11.0. The van der Waals surface area contributed by atoms with Crippen LogP contribution < -0.4 is 16.1 Å². The zero-order valence-corrected chi connectivity index (χ0v) is 18.9. The predicted octanol–water partition coefficient (Wildman–Crippen LogP) is 3.41. The third-order valence-electron chi connectivity index (χ3n) is 6.61. The SMILES string of the molecule is Cc1ccc(N2CCCn3c2nc2c3c(=O)n(Cc3ccccc3C)c(=O)n2C)cc1C. The van der Waals surface area contributed by atoms with E-state index >= 15 is 0 Å². The van der Waals surface area contributed by atoms with Gasteiger partial charge in [-0.15, -0.1) is 0 Å². The number of aromatic nitrogens is 4. The highest BCUT2D eigenvalue weighted by Crippen LogP contribution is 2.31. The average molecular weight is 430 g/mol. The van der Waals surface area contributed by atoms with Gasteiger partial charge in [0.15, 0.2) is 11.2 Å². The van der Waals surface area contributed by atoms with Gasteiger partial charge in [-0.3, -0.25) is 13.9 Å². The van der Waals surface area contributed by atoms with Gasteiger partial charge < -0.3 is 9.47 Å². The van der Waals surface area contributed by atoms with E-state index in [4.69, 9.17) is 4.98 Å². The molecule has 5 rings (SSSR count). The molecule has 32 heavy (non-hydrogen) atoms. The Kier molecular flexibility index (Phi) is 4.77. The summed E-state index contributed by atoms with van der Waals surface area (Å²) in [7, 11) is 1.69. The highest BCUT2D eigenvalue weighted by Gasteiger charge is 2.27. The smallest absolute Gasteiger partial charge is 0.312 e. The molecule has 2 aromatic heterocycles. The number of fused-ring (bicyclic) bond motifs is 3. The van der Waals surface area contributed by atoms with Gasteiger partial charge in [0.05, 0.1) is 6.54 Å². The third kappa shape index (κ3) is 3.07. The Hall–Kier alpha value is -3.61. The number of hydrogen-bond acceptors (Lipinski definition) is 4. The van der Waals surface area contributed by atoms with E-state index in [9.17, 15) is 9.59 Å². The summed E-state index contributed by atoms with van der Waals surface area (Å²) in [6, 6.07) is 14.2. The molecule has 2 aromatic carbocycles. The lowest BCUT2D eigenvalue weighted by molar-refractivity contribution is 0.597. The van der Waals surface area contributed by atoms with E-state index in [1.807, 2.05) is 35.8 Å². The molecule has 0 amide bonds. The van der Waals surface area contributed by atoms with Crippen LogP contribution in [0.1, 0.15) is 28.7 Å². The summed E-state index contributed by atoms with van der Waals surface area (Å²) in [4.78, 5) is 33.6. The maximum Gasteiger partial charge on any atom is 0.332 e. The van der Waals surface area contributed by atoms with Crippen LogP contribution in [-0.4, -0.2) is 25.2 Å². The third-order valence-corrected chi connectivity index (χ3v) is 6.61. The Morgan fingerprint density at radius 2 is 1.72 bits per heavy atom. The molecule has 3 heterocycles. The zero-order chi connectivity index (χ0) is 22.6. The van der Waals surface area contributed by atoms with Crippen LogP contribution in [0.15, 0.2) is 52.1 Å². The zero-order valence-electron chi connectivity index (χ0n) is 18.9. The fourth-order valence-electron chi connectivity index (χ4n) is 4.50. The van der Waals surface area contributed by atoms with Crippen LogP contribution in [0.2, 0.25) is 0 Å². The van der Waals surface area contributed by atoms with Crippen LogP contribution in [-0.2, 0) is 20.1 Å². The van der Waals surface area contributed by atoms with Gasteiger partial charge in [0, 0.05) is 25.8 Å². The van der Waals surface area contributed by atoms with Crippen molar-refractivity contribution in [2.24, 2.45) is 7.05 Å². The van der Waals surface area contributed by atoms with Gasteiger partial charge in [0.2, 0.25) is 5.95 Å². The summed E-state index contributed by atoms with van der Waals surface area (Å²) in [6.07, 6.45) is 0.894. The molecule has 0 saturated heterocycles. The van der Waals surface area contributed by atoms with Gasteiger partial charge >= 0.3 is 5.69 Å². The molecule has 164 valence electrons. The summed E-state index contributed by atoms with van der Waals surface area (Å²) in [5, 5.41) is 0. The number of anilines is 2. The van der Waals surface area contributed by atoms with Gasteiger partial charge in [-0.25, -0.2) is 4.79 Å². The second-order valence-electron chi connectivity index (χ2n) is 8.67. The molecule has 0 radical (unpaired) electrons. The molecule has 0 unspecified atom stereocenters. The molecule has 1 aliphatic heterocycles. The van der Waals surface area contributed by atoms with E-state index in [2.05, 4.69) is 36.9 Å². The summed E-state index contributed by atoms with van der Waals surface area (Å²) in [6.45, 7) is 7.94. The Morgan fingerprint density at radius 1 is 0.938 bits per heavy atom. The Labute approximate surface area is 186 Å². The second-order valence-corrected chi connectivity index (χ2v) is 8.67. The van der Waals surface area contributed by atoms with Crippen molar-refractivity contribution in [3.8, 4) is 0 Å². The summed E-state index contributed by atoms with van der Waals surface area (Å²) >= 11 is 0. The van der Waals surface area contributed by atoms with Crippen molar-refractivity contribution in [1.82, 2.24) is 18.7 Å². The van der Waals surface area contributed by atoms with Crippen LogP contribution in [0, 0.1) is 20.8 Å². The van der Waals surface area contributed by atoms with Gasteiger partial charge in [0.25, 0.3) is 5.56 Å². The molecule has 7 heteroatoms. The van der Waals surface area contributed by atoms with Crippen molar-refractivity contribution in [2.45, 2.75) is 40.3 Å². The van der Waals surface area contributed by atoms with Crippen LogP contribution in [0.25, 0.3) is 11.2 Å². The lowest BCUT2D eigenvalue weighted by atomic mass is 10.1. The van der Waals surface area contributed by atoms with E-state index in [1.54, 1.807) is 7.05 Å². The molecular weight excluding hydrogens is 402 g/mol. The van der Waals surface area contributed by atoms with Crippen molar-refractivity contribution in [3.05, 3.63) is 85.6 Å². The molecule has 0 N–H and O–H groups in total. The number of benzene rings is 2. The van der Waals surface area contributed by atoms with Crippen LogP contribution in [0.4, 0.5) is 11.6 Å². The van der Waals surface area contributed by atoms with Crippen molar-refractivity contribution in [3.63, 3.8) is 0 Å². The van der Waals surface area contributed by atoms with Crippen LogP contribution in [0.5, 0.6) is 0 Å². The van der Waals surface area contributed by atoms with Crippen LogP contribution in [0.3, 0.4) is 0 Å². The summed E-state index contributed by atoms with van der Waals surface area (Å²) < 4.78 is 4.80. The van der Waals surface area contributed by atoms with Gasteiger partial charge in [0.1, 0.15) is 0 Å². The lowest BCUT2D eigenvalue weighted by Crippen LogP contribution is -2.40. The number of imidazole rings is 1. The fraction of sp³-hybridized carbons (Fsp3) is 0.320. The molecule has 0 aliphatic carbocycles. The maximum absolute atomic E-state index is 13.6. The van der Waals surface area contributed by atoms with E-state index in [-0.39, 0.29) is 17.8 Å². The molecule has 4 aromatic rings. The molecule has 0 atom stereocenters. The van der Waals surface area contributed by atoms with Crippen molar-refractivity contribution in [2.75, 3.05) is 11.4 Å². The quantitative estimate of drug-likeness (QED) is 0.501. The number of rotatable bonds is 3. The first-order valence-electron chi connectivity index (χ1n) is 11.0. The highest BCUT2D eigenvalue weighted by atomic mass is 16.2. The molecule has 0 fully saturated rings. The van der Waals surface area contributed by atoms with E-state index in [1.165, 1.54) is 20.3 Å². The monoisotopic (exact) mass is 429 g/mol. The Balaban J connectivity index is 1.71. The number of hydrogen-bond donors (Lipinski definition) is 0. The molecule has 0 spiro atoms. The van der Waals surface area contributed by atoms with Gasteiger partial charge in [-0.05, 0) is 61.6 Å². The van der Waals surface area contributed by atoms with Crippen molar-refractivity contribution >= 4 is 22.8 Å². The number of aryl methyl sites for hydroxylation is 5. The Morgan fingerprint density at radius 3 is 2.47 bits per heavy atom. The highest BCUT2D eigenvalue weighted by molar-refractivity contribution is 5.77. The summed E-state index contributed by atoms with van der Waals surface area (Å²) in [5.41, 5.74) is 5.81. The van der Waals surface area contributed by atoms with E-state index < -0.39 is 0 Å². The van der Waals surface area contributed by atoms with Crippen LogP contribution >= 0.6 is 0 Å².